The number of hydrogen-bond donors (Lipinski definition) is 1. The van der Waals surface area contributed by atoms with E-state index in [9.17, 15) is 16.8 Å². The van der Waals surface area contributed by atoms with Gasteiger partial charge in [0.1, 0.15) is 5.69 Å². The quantitative estimate of drug-likeness (QED) is 0.643. The van der Waals surface area contributed by atoms with Gasteiger partial charge in [-0.1, -0.05) is 29.4 Å². The summed E-state index contributed by atoms with van der Waals surface area (Å²) in [5, 5.41) is 3.69. The minimum Gasteiger partial charge on any atom is -0.360 e. The Balaban J connectivity index is 1.73. The van der Waals surface area contributed by atoms with Crippen LogP contribution in [-0.4, -0.2) is 28.5 Å². The molecule has 30 heavy (non-hydrogen) atoms. The van der Waals surface area contributed by atoms with Gasteiger partial charge >= 0.3 is 0 Å². The fourth-order valence-corrected chi connectivity index (χ4v) is 6.57. The van der Waals surface area contributed by atoms with Gasteiger partial charge < -0.3 is 4.52 Å². The van der Waals surface area contributed by atoms with Crippen LogP contribution in [-0.2, 0) is 26.5 Å². The largest absolute Gasteiger partial charge is 0.360 e. The molecule has 158 valence electrons. The summed E-state index contributed by atoms with van der Waals surface area (Å²) >= 11 is 0. The number of aromatic nitrogens is 1. The van der Waals surface area contributed by atoms with Gasteiger partial charge in [0, 0.05) is 6.54 Å². The molecule has 0 radical (unpaired) electrons. The average Bonchev–Trinajstić information content (AvgIpc) is 3.06. The molecule has 3 aromatic rings. The van der Waals surface area contributed by atoms with Crippen molar-refractivity contribution >= 4 is 31.4 Å². The van der Waals surface area contributed by atoms with Gasteiger partial charge in [-0.25, -0.2) is 16.8 Å². The zero-order valence-electron chi connectivity index (χ0n) is 16.5. The van der Waals surface area contributed by atoms with Crippen molar-refractivity contribution in [1.82, 2.24) is 5.16 Å². The minimum absolute atomic E-state index is 0.0195. The van der Waals surface area contributed by atoms with Gasteiger partial charge in [0.05, 0.1) is 16.3 Å². The molecule has 0 atom stereocenters. The second kappa shape index (κ2) is 7.44. The van der Waals surface area contributed by atoms with Crippen molar-refractivity contribution in [3.05, 3.63) is 65.5 Å². The summed E-state index contributed by atoms with van der Waals surface area (Å²) < 4.78 is 60.9. The molecule has 0 aliphatic carbocycles. The highest BCUT2D eigenvalue weighted by Crippen LogP contribution is 2.35. The molecule has 0 bridgehead atoms. The SMILES string of the molecule is Cc1noc(C)c1S(=O)(=O)Nc1ccc2c(c1)N(S(=O)(=O)c1ccccc1)CCC2. The zero-order valence-corrected chi connectivity index (χ0v) is 18.1. The Kier molecular flexibility index (Phi) is 5.07. The lowest BCUT2D eigenvalue weighted by Crippen LogP contribution is -2.35. The maximum Gasteiger partial charge on any atom is 0.267 e. The highest BCUT2D eigenvalue weighted by atomic mass is 32.2. The molecular weight excluding hydrogens is 426 g/mol. The summed E-state index contributed by atoms with van der Waals surface area (Å²) in [5.41, 5.74) is 1.85. The Morgan fingerprint density at radius 1 is 1.03 bits per heavy atom. The normalized spacial score (nSPS) is 14.4. The number of rotatable bonds is 5. The first-order valence-electron chi connectivity index (χ1n) is 9.36. The van der Waals surface area contributed by atoms with Crippen molar-refractivity contribution in [3.8, 4) is 0 Å². The molecule has 0 amide bonds. The van der Waals surface area contributed by atoms with Gasteiger partial charge in [0.2, 0.25) is 0 Å². The Morgan fingerprint density at radius 3 is 2.43 bits per heavy atom. The third-order valence-electron chi connectivity index (χ3n) is 4.98. The Bertz CT molecular complexity index is 1280. The Labute approximate surface area is 175 Å². The summed E-state index contributed by atoms with van der Waals surface area (Å²) in [4.78, 5) is 0.175. The molecule has 0 saturated carbocycles. The molecule has 0 saturated heterocycles. The van der Waals surface area contributed by atoms with Crippen molar-refractivity contribution in [2.45, 2.75) is 36.5 Å². The van der Waals surface area contributed by atoms with Crippen LogP contribution in [0.2, 0.25) is 0 Å². The number of sulfonamides is 2. The first-order chi connectivity index (χ1) is 14.2. The number of nitrogens with one attached hydrogen (secondary N) is 1. The summed E-state index contributed by atoms with van der Waals surface area (Å²) in [5.74, 6) is 0.186. The van der Waals surface area contributed by atoms with Crippen LogP contribution in [0.1, 0.15) is 23.4 Å². The first-order valence-corrected chi connectivity index (χ1v) is 12.3. The standard InChI is InChI=1S/C20H21N3O5S2/c1-14-20(15(2)28-21-14)29(24,25)22-17-11-10-16-7-6-12-23(19(16)13-17)30(26,27)18-8-4-3-5-9-18/h3-5,8-11,13,22H,6-7,12H2,1-2H3. The third-order valence-corrected chi connectivity index (χ3v) is 8.43. The van der Waals surface area contributed by atoms with E-state index in [0.29, 0.717) is 25.1 Å². The maximum absolute atomic E-state index is 13.2. The molecule has 1 aromatic heterocycles. The summed E-state index contributed by atoms with van der Waals surface area (Å²) in [6.07, 6.45) is 1.40. The van der Waals surface area contributed by atoms with Crippen molar-refractivity contribution in [1.29, 1.82) is 0 Å². The molecule has 10 heteroatoms. The average molecular weight is 448 g/mol. The fraction of sp³-hybridized carbons (Fsp3) is 0.250. The highest BCUT2D eigenvalue weighted by molar-refractivity contribution is 7.93. The van der Waals surface area contributed by atoms with E-state index in [2.05, 4.69) is 9.88 Å². The lowest BCUT2D eigenvalue weighted by atomic mass is 10.0. The molecular formula is C20H21N3O5S2. The molecule has 2 aromatic carbocycles. The summed E-state index contributed by atoms with van der Waals surface area (Å²) in [6.45, 7) is 3.39. The maximum atomic E-state index is 13.2. The topological polar surface area (TPSA) is 110 Å². The van der Waals surface area contributed by atoms with E-state index in [4.69, 9.17) is 4.52 Å². The van der Waals surface area contributed by atoms with Crippen molar-refractivity contribution in [3.63, 3.8) is 0 Å². The summed E-state index contributed by atoms with van der Waals surface area (Å²) in [7, 11) is -7.70. The molecule has 0 unspecified atom stereocenters. The van der Waals surface area contributed by atoms with Crippen molar-refractivity contribution in [2.24, 2.45) is 0 Å². The summed E-state index contributed by atoms with van der Waals surface area (Å²) in [6, 6.07) is 13.1. The number of anilines is 2. The predicted octanol–water partition coefficient (Wildman–Crippen LogP) is 3.23. The second-order valence-corrected chi connectivity index (χ2v) is 10.6. The van der Waals surface area contributed by atoms with Crippen molar-refractivity contribution < 1.29 is 21.4 Å². The van der Waals surface area contributed by atoms with Crippen LogP contribution in [0.3, 0.4) is 0 Å². The molecule has 1 N–H and O–H groups in total. The van der Waals surface area contributed by atoms with Crippen LogP contribution in [0.25, 0.3) is 0 Å². The molecule has 4 rings (SSSR count). The second-order valence-electron chi connectivity index (χ2n) is 7.10. The minimum atomic E-state index is -3.94. The number of hydrogen-bond acceptors (Lipinski definition) is 6. The van der Waals surface area contributed by atoms with Crippen LogP contribution >= 0.6 is 0 Å². The molecule has 2 heterocycles. The lowest BCUT2D eigenvalue weighted by molar-refractivity contribution is 0.390. The Hall–Kier alpha value is -2.85. The van der Waals surface area contributed by atoms with E-state index >= 15 is 0 Å². The first kappa shape index (κ1) is 20.4. The van der Waals surface area contributed by atoms with Gasteiger partial charge in [-0.3, -0.25) is 9.03 Å². The van der Waals surface area contributed by atoms with Crippen LogP contribution in [0.5, 0.6) is 0 Å². The van der Waals surface area contributed by atoms with Gasteiger partial charge in [-0.2, -0.15) is 0 Å². The molecule has 8 nitrogen and oxygen atoms in total. The van der Waals surface area contributed by atoms with Crippen molar-refractivity contribution in [2.75, 3.05) is 15.6 Å². The number of benzene rings is 2. The van der Waals surface area contributed by atoms with E-state index in [1.54, 1.807) is 55.5 Å². The van der Waals surface area contributed by atoms with E-state index in [1.165, 1.54) is 11.2 Å². The van der Waals surface area contributed by atoms with Gasteiger partial charge in [-0.15, -0.1) is 0 Å². The van der Waals surface area contributed by atoms with E-state index in [0.717, 1.165) is 5.56 Å². The molecule has 1 aliphatic heterocycles. The van der Waals surface area contributed by atoms with E-state index < -0.39 is 20.0 Å². The zero-order chi connectivity index (χ0) is 21.5. The third kappa shape index (κ3) is 3.56. The van der Waals surface area contributed by atoms with Crippen LogP contribution < -0.4 is 9.03 Å². The van der Waals surface area contributed by atoms with Gasteiger partial charge in [0.25, 0.3) is 20.0 Å². The highest BCUT2D eigenvalue weighted by Gasteiger charge is 2.30. The molecule has 1 aliphatic rings. The Morgan fingerprint density at radius 2 is 1.77 bits per heavy atom. The number of nitrogens with zero attached hydrogens (tertiary/aromatic N) is 2. The van der Waals surface area contributed by atoms with E-state index in [1.807, 2.05) is 0 Å². The predicted molar refractivity (Wildman–Crippen MR) is 113 cm³/mol. The molecule has 0 spiro atoms. The molecule has 0 fully saturated rings. The van der Waals surface area contributed by atoms with E-state index in [-0.39, 0.29) is 26.9 Å². The lowest BCUT2D eigenvalue weighted by Gasteiger charge is -2.31. The van der Waals surface area contributed by atoms with Gasteiger partial charge in [0.15, 0.2) is 10.7 Å². The smallest absolute Gasteiger partial charge is 0.267 e. The van der Waals surface area contributed by atoms with Crippen LogP contribution in [0, 0.1) is 13.8 Å². The fourth-order valence-electron chi connectivity index (χ4n) is 3.64. The van der Waals surface area contributed by atoms with Crippen LogP contribution in [0.4, 0.5) is 11.4 Å². The van der Waals surface area contributed by atoms with Crippen LogP contribution in [0.15, 0.2) is 62.8 Å². The van der Waals surface area contributed by atoms with Gasteiger partial charge in [-0.05, 0) is 56.5 Å². The monoisotopic (exact) mass is 447 g/mol. The number of fused-ring (bicyclic) bond motifs is 1. The number of aryl methyl sites for hydroxylation is 3.